The van der Waals surface area contributed by atoms with Gasteiger partial charge in [0, 0.05) is 25.7 Å². The van der Waals surface area contributed by atoms with E-state index in [-0.39, 0.29) is 12.1 Å². The van der Waals surface area contributed by atoms with Gasteiger partial charge in [-0.1, -0.05) is 12.2 Å². The Kier molecular flexibility index (Phi) is 2.99. The van der Waals surface area contributed by atoms with E-state index in [1.165, 1.54) is 11.1 Å². The van der Waals surface area contributed by atoms with Gasteiger partial charge in [-0.3, -0.25) is 9.98 Å². The van der Waals surface area contributed by atoms with E-state index in [1.54, 1.807) is 0 Å². The van der Waals surface area contributed by atoms with E-state index in [2.05, 4.69) is 32.0 Å². The fourth-order valence-electron chi connectivity index (χ4n) is 3.13. The van der Waals surface area contributed by atoms with E-state index in [9.17, 15) is 0 Å². The van der Waals surface area contributed by atoms with E-state index in [0.29, 0.717) is 6.73 Å². The van der Waals surface area contributed by atoms with Gasteiger partial charge >= 0.3 is 0 Å². The van der Waals surface area contributed by atoms with E-state index in [1.807, 2.05) is 12.4 Å². The maximum atomic E-state index is 6.07. The highest BCUT2D eigenvalue weighted by Crippen LogP contribution is 2.32. The van der Waals surface area contributed by atoms with E-state index < -0.39 is 0 Å². The van der Waals surface area contributed by atoms with Gasteiger partial charge in [-0.05, 0) is 30.2 Å². The first-order valence-electron chi connectivity index (χ1n) is 7.26. The van der Waals surface area contributed by atoms with Crippen molar-refractivity contribution >= 4 is 18.4 Å². The van der Waals surface area contributed by atoms with Crippen LogP contribution < -0.4 is 0 Å². The summed E-state index contributed by atoms with van der Waals surface area (Å²) in [6.07, 6.45) is 11.6. The highest BCUT2D eigenvalue weighted by molar-refractivity contribution is 5.89. The van der Waals surface area contributed by atoms with Crippen molar-refractivity contribution in [2.45, 2.75) is 31.4 Å². The van der Waals surface area contributed by atoms with Crippen LogP contribution in [0.25, 0.3) is 0 Å². The summed E-state index contributed by atoms with van der Waals surface area (Å²) in [5.74, 6) is 0.803. The van der Waals surface area contributed by atoms with Crippen LogP contribution in [0.15, 0.2) is 38.3 Å². The number of ether oxygens (including phenoxy) is 1. The normalized spacial score (nSPS) is 32.0. The Morgan fingerprint density at radius 1 is 1.15 bits per heavy atom. The lowest BCUT2D eigenvalue weighted by Crippen LogP contribution is -2.48. The molecule has 4 aliphatic rings. The van der Waals surface area contributed by atoms with Crippen LogP contribution in [0.5, 0.6) is 0 Å². The summed E-state index contributed by atoms with van der Waals surface area (Å²) in [6, 6.07) is 0.197. The lowest BCUT2D eigenvalue weighted by atomic mass is 9.86. The summed E-state index contributed by atoms with van der Waals surface area (Å²) in [4.78, 5) is 15.6. The number of hydrogen-bond donors (Lipinski definition) is 0. The fraction of sp³-hybridized carbons (Fsp3) is 0.533. The van der Waals surface area contributed by atoms with Crippen molar-refractivity contribution in [3.8, 4) is 0 Å². The van der Waals surface area contributed by atoms with Crippen molar-refractivity contribution in [3.05, 3.63) is 23.3 Å². The molecular formula is C15H18N4O. The molecule has 3 aliphatic heterocycles. The van der Waals surface area contributed by atoms with Crippen LogP contribution in [0, 0.1) is 0 Å². The van der Waals surface area contributed by atoms with Gasteiger partial charge in [0.2, 0.25) is 5.96 Å². The molecule has 0 N–H and O–H groups in total. The maximum absolute atomic E-state index is 6.07. The van der Waals surface area contributed by atoms with E-state index >= 15 is 0 Å². The average Bonchev–Trinajstić information content (AvgIpc) is 2.55. The van der Waals surface area contributed by atoms with Crippen LogP contribution in [-0.4, -0.2) is 55.3 Å². The molecule has 20 heavy (non-hydrogen) atoms. The number of fused-ring (bicyclic) bond motifs is 3. The highest BCUT2D eigenvalue weighted by Gasteiger charge is 2.36. The number of hydrogen-bond acceptors (Lipinski definition) is 5. The van der Waals surface area contributed by atoms with Crippen molar-refractivity contribution in [3.63, 3.8) is 0 Å². The largest absolute Gasteiger partial charge is 0.351 e. The van der Waals surface area contributed by atoms with Crippen molar-refractivity contribution in [1.82, 2.24) is 4.90 Å². The van der Waals surface area contributed by atoms with Crippen LogP contribution in [0.2, 0.25) is 0 Å². The van der Waals surface area contributed by atoms with Crippen molar-refractivity contribution in [2.75, 3.05) is 19.8 Å². The summed E-state index contributed by atoms with van der Waals surface area (Å²) in [5, 5.41) is 0. The Labute approximate surface area is 118 Å². The number of nitrogens with zero attached hydrogens (tertiary/aromatic N) is 4. The number of allylic oxidation sites excluding steroid dienone is 2. The van der Waals surface area contributed by atoms with Crippen molar-refractivity contribution < 1.29 is 4.74 Å². The zero-order valence-corrected chi connectivity index (χ0v) is 11.4. The minimum atomic E-state index is 0.107. The van der Waals surface area contributed by atoms with Crippen molar-refractivity contribution in [1.29, 1.82) is 0 Å². The Morgan fingerprint density at radius 3 is 3.00 bits per heavy atom. The lowest BCUT2D eigenvalue weighted by molar-refractivity contribution is -0.0141. The molecule has 104 valence electrons. The molecule has 0 spiro atoms. The molecule has 3 heterocycles. The molecule has 1 aliphatic carbocycles. The SMILES string of the molecule is C1=NC(N2COC3C(=CC=C4CCC=NC43)C2)=NCC1. The summed E-state index contributed by atoms with van der Waals surface area (Å²) < 4.78 is 6.07. The predicted molar refractivity (Wildman–Crippen MR) is 79.5 cm³/mol. The second-order valence-corrected chi connectivity index (χ2v) is 5.49. The molecule has 0 aromatic rings. The molecule has 0 saturated carbocycles. The smallest absolute Gasteiger partial charge is 0.222 e. The van der Waals surface area contributed by atoms with Gasteiger partial charge in [-0.2, -0.15) is 0 Å². The van der Waals surface area contributed by atoms with Gasteiger partial charge in [-0.15, -0.1) is 0 Å². The molecule has 0 radical (unpaired) electrons. The standard InChI is InChI=1S/C15H18N4O/c1-3-11-4-5-12-9-19(15-17-7-2-8-18-15)10-20-14(12)13(11)16-6-1/h4-7,13-14H,1-3,8-10H2. The highest BCUT2D eigenvalue weighted by atomic mass is 16.5. The van der Waals surface area contributed by atoms with Crippen LogP contribution in [0.3, 0.4) is 0 Å². The number of rotatable bonds is 0. The first-order chi connectivity index (χ1) is 9.92. The molecule has 2 atom stereocenters. The third-order valence-corrected chi connectivity index (χ3v) is 4.16. The fourth-order valence-corrected chi connectivity index (χ4v) is 3.13. The molecule has 0 amide bonds. The van der Waals surface area contributed by atoms with E-state index in [0.717, 1.165) is 38.3 Å². The Hall–Kier alpha value is -1.75. The second kappa shape index (κ2) is 4.98. The van der Waals surface area contributed by atoms with Crippen LogP contribution in [-0.2, 0) is 4.74 Å². The summed E-state index contributed by atoms with van der Waals surface area (Å²) in [7, 11) is 0. The molecule has 4 rings (SSSR count). The van der Waals surface area contributed by atoms with Gasteiger partial charge < -0.3 is 9.64 Å². The monoisotopic (exact) mass is 270 g/mol. The molecule has 0 bridgehead atoms. The summed E-state index contributed by atoms with van der Waals surface area (Å²) >= 11 is 0. The van der Waals surface area contributed by atoms with Gasteiger partial charge in [0.25, 0.3) is 0 Å². The molecular weight excluding hydrogens is 252 g/mol. The molecule has 0 aromatic carbocycles. The van der Waals surface area contributed by atoms with Crippen LogP contribution in [0.1, 0.15) is 19.3 Å². The van der Waals surface area contributed by atoms with Gasteiger partial charge in [0.05, 0.1) is 0 Å². The third-order valence-electron chi connectivity index (χ3n) is 4.16. The summed E-state index contributed by atoms with van der Waals surface area (Å²) in [5.41, 5.74) is 2.69. The molecule has 5 heteroatoms. The second-order valence-electron chi connectivity index (χ2n) is 5.49. The van der Waals surface area contributed by atoms with Crippen LogP contribution in [0.4, 0.5) is 0 Å². The van der Waals surface area contributed by atoms with Gasteiger partial charge in [0.1, 0.15) is 18.9 Å². The predicted octanol–water partition coefficient (Wildman–Crippen LogP) is 1.57. The van der Waals surface area contributed by atoms with Crippen LogP contribution >= 0.6 is 0 Å². The Balaban J connectivity index is 1.56. The Bertz CT molecular complexity index is 558. The molecule has 2 unspecified atom stereocenters. The lowest BCUT2D eigenvalue weighted by Gasteiger charge is -2.40. The zero-order chi connectivity index (χ0) is 13.4. The topological polar surface area (TPSA) is 49.5 Å². The first-order valence-corrected chi connectivity index (χ1v) is 7.26. The molecule has 5 nitrogen and oxygen atoms in total. The summed E-state index contributed by atoms with van der Waals surface area (Å²) in [6.45, 7) is 2.23. The average molecular weight is 270 g/mol. The Morgan fingerprint density at radius 2 is 2.10 bits per heavy atom. The molecule has 1 fully saturated rings. The quantitative estimate of drug-likeness (QED) is 0.671. The molecule has 1 saturated heterocycles. The first kappa shape index (κ1) is 12.0. The minimum absolute atomic E-state index is 0.107. The van der Waals surface area contributed by atoms with E-state index in [4.69, 9.17) is 4.74 Å². The number of guanidine groups is 1. The van der Waals surface area contributed by atoms with Crippen molar-refractivity contribution in [2.24, 2.45) is 15.0 Å². The van der Waals surface area contributed by atoms with Gasteiger partial charge in [0.15, 0.2) is 0 Å². The third kappa shape index (κ3) is 2.02. The minimum Gasteiger partial charge on any atom is -0.351 e. The zero-order valence-electron chi connectivity index (χ0n) is 11.4. The van der Waals surface area contributed by atoms with Gasteiger partial charge in [-0.25, -0.2) is 4.99 Å². The molecule has 0 aromatic heterocycles. The maximum Gasteiger partial charge on any atom is 0.222 e. The number of aliphatic imine (C=N–C) groups is 3.